The van der Waals surface area contributed by atoms with E-state index in [1.165, 1.54) is 16.7 Å². The van der Waals surface area contributed by atoms with Crippen LogP contribution >= 0.6 is 0 Å². The standard InChI is InChI=1S/C31H33N3O4S/c1-39(36,37)33-26-12-7-11-24(18-26)31(35)22-34(21-23-8-3-2-4-9-23)16-17-38-27-14-15-29-28-13-6-5-10-25(28)20-32-30(29)19-27/h2-15,18-19,31-33,35H,16-17,20-22H2,1H3. The second kappa shape index (κ2) is 11.9. The van der Waals surface area contributed by atoms with Crippen LogP contribution in [-0.2, 0) is 23.1 Å². The number of aliphatic hydroxyl groups is 1. The van der Waals surface area contributed by atoms with E-state index in [1.807, 2.05) is 30.3 Å². The fourth-order valence-corrected chi connectivity index (χ4v) is 5.42. The molecule has 0 saturated heterocycles. The van der Waals surface area contributed by atoms with Crippen LogP contribution < -0.4 is 14.8 Å². The summed E-state index contributed by atoms with van der Waals surface area (Å²) in [6.45, 7) is 2.84. The van der Waals surface area contributed by atoms with E-state index in [2.05, 4.69) is 57.4 Å². The number of rotatable bonds is 11. The summed E-state index contributed by atoms with van der Waals surface area (Å²) >= 11 is 0. The van der Waals surface area contributed by atoms with E-state index >= 15 is 0 Å². The quantitative estimate of drug-likeness (QED) is 0.239. The van der Waals surface area contributed by atoms with Gasteiger partial charge in [-0.3, -0.25) is 9.62 Å². The third-order valence-corrected chi connectivity index (χ3v) is 7.31. The molecule has 39 heavy (non-hydrogen) atoms. The minimum atomic E-state index is -3.41. The fraction of sp³-hybridized carbons (Fsp3) is 0.226. The molecule has 3 N–H and O–H groups in total. The number of hydrogen-bond acceptors (Lipinski definition) is 6. The van der Waals surface area contributed by atoms with Crippen LogP contribution in [0.4, 0.5) is 11.4 Å². The summed E-state index contributed by atoms with van der Waals surface area (Å²) in [6, 6.07) is 31.5. The molecule has 0 bridgehead atoms. The minimum Gasteiger partial charge on any atom is -0.492 e. The number of hydrogen-bond donors (Lipinski definition) is 3. The Labute approximate surface area is 230 Å². The molecule has 0 aliphatic carbocycles. The Balaban J connectivity index is 1.25. The monoisotopic (exact) mass is 543 g/mol. The lowest BCUT2D eigenvalue weighted by atomic mass is 9.95. The Morgan fingerprint density at radius 2 is 1.74 bits per heavy atom. The lowest BCUT2D eigenvalue weighted by Gasteiger charge is -2.26. The fourth-order valence-electron chi connectivity index (χ4n) is 4.86. The van der Waals surface area contributed by atoms with E-state index < -0.39 is 16.1 Å². The highest BCUT2D eigenvalue weighted by Crippen LogP contribution is 2.37. The van der Waals surface area contributed by atoms with Gasteiger partial charge in [-0.1, -0.05) is 66.7 Å². The van der Waals surface area contributed by atoms with Crippen LogP contribution in [0.3, 0.4) is 0 Å². The molecule has 0 radical (unpaired) electrons. The predicted molar refractivity (Wildman–Crippen MR) is 156 cm³/mol. The molecule has 0 aromatic heterocycles. The van der Waals surface area contributed by atoms with Crippen molar-refractivity contribution < 1.29 is 18.3 Å². The van der Waals surface area contributed by atoms with Crippen molar-refractivity contribution >= 4 is 21.4 Å². The first-order valence-corrected chi connectivity index (χ1v) is 14.8. The van der Waals surface area contributed by atoms with Gasteiger partial charge in [0.1, 0.15) is 12.4 Å². The first kappa shape index (κ1) is 26.7. The Morgan fingerprint density at radius 3 is 2.56 bits per heavy atom. The molecule has 1 heterocycles. The van der Waals surface area contributed by atoms with Gasteiger partial charge >= 0.3 is 0 Å². The number of sulfonamides is 1. The van der Waals surface area contributed by atoms with Crippen LogP contribution in [0.15, 0.2) is 97.1 Å². The van der Waals surface area contributed by atoms with Crippen LogP contribution in [0.1, 0.15) is 22.8 Å². The zero-order valence-electron chi connectivity index (χ0n) is 21.9. The largest absolute Gasteiger partial charge is 0.492 e. The SMILES string of the molecule is CS(=O)(=O)Nc1cccc(C(O)CN(CCOc2ccc3c(c2)NCc2ccccc2-3)Cc2ccccc2)c1. The van der Waals surface area contributed by atoms with Crippen molar-refractivity contribution in [2.24, 2.45) is 0 Å². The third kappa shape index (κ3) is 7.17. The molecular formula is C31H33N3O4S. The zero-order chi connectivity index (χ0) is 27.2. The molecule has 4 aromatic carbocycles. The summed E-state index contributed by atoms with van der Waals surface area (Å²) < 4.78 is 31.9. The van der Waals surface area contributed by atoms with E-state index in [0.29, 0.717) is 37.5 Å². The average molecular weight is 544 g/mol. The lowest BCUT2D eigenvalue weighted by molar-refractivity contribution is 0.0986. The number of nitrogens with one attached hydrogen (secondary N) is 2. The Bertz CT molecular complexity index is 1530. The Morgan fingerprint density at radius 1 is 0.949 bits per heavy atom. The van der Waals surface area contributed by atoms with Crippen LogP contribution in [-0.4, -0.2) is 44.4 Å². The van der Waals surface area contributed by atoms with Gasteiger partial charge in [-0.2, -0.15) is 0 Å². The summed E-state index contributed by atoms with van der Waals surface area (Å²) in [4.78, 5) is 2.14. The lowest BCUT2D eigenvalue weighted by Crippen LogP contribution is -2.32. The maximum Gasteiger partial charge on any atom is 0.229 e. The van der Waals surface area contributed by atoms with Gasteiger partial charge in [-0.15, -0.1) is 0 Å². The van der Waals surface area contributed by atoms with Crippen molar-refractivity contribution in [2.45, 2.75) is 19.2 Å². The average Bonchev–Trinajstić information content (AvgIpc) is 2.92. The molecule has 1 aliphatic rings. The Kier molecular flexibility index (Phi) is 8.16. The highest BCUT2D eigenvalue weighted by molar-refractivity contribution is 7.92. The molecule has 202 valence electrons. The summed E-state index contributed by atoms with van der Waals surface area (Å²) in [7, 11) is -3.41. The number of fused-ring (bicyclic) bond motifs is 3. The van der Waals surface area contributed by atoms with E-state index in [1.54, 1.807) is 24.3 Å². The first-order chi connectivity index (χ1) is 18.8. The molecule has 1 unspecified atom stereocenters. The van der Waals surface area contributed by atoms with Crippen molar-refractivity contribution in [3.05, 3.63) is 114 Å². The van der Waals surface area contributed by atoms with Gasteiger partial charge in [0.15, 0.2) is 0 Å². The molecule has 0 fully saturated rings. The van der Waals surface area contributed by atoms with Crippen LogP contribution in [0.2, 0.25) is 0 Å². The van der Waals surface area contributed by atoms with Gasteiger partial charge in [0.2, 0.25) is 10.0 Å². The molecule has 4 aromatic rings. The zero-order valence-corrected chi connectivity index (χ0v) is 22.7. The van der Waals surface area contributed by atoms with Gasteiger partial charge in [0.25, 0.3) is 0 Å². The number of anilines is 2. The smallest absolute Gasteiger partial charge is 0.229 e. The molecular weight excluding hydrogens is 510 g/mol. The molecule has 5 rings (SSSR count). The molecule has 8 heteroatoms. The van der Waals surface area contributed by atoms with Crippen molar-refractivity contribution in [2.75, 3.05) is 36.0 Å². The molecule has 0 saturated carbocycles. The second-order valence-electron chi connectivity index (χ2n) is 9.80. The molecule has 0 spiro atoms. The molecule has 1 aliphatic heterocycles. The molecule has 7 nitrogen and oxygen atoms in total. The summed E-state index contributed by atoms with van der Waals surface area (Å²) in [5.74, 6) is 0.792. The van der Waals surface area contributed by atoms with E-state index in [9.17, 15) is 13.5 Å². The first-order valence-electron chi connectivity index (χ1n) is 13.0. The normalized spacial score (nSPS) is 13.2. The van der Waals surface area contributed by atoms with Crippen molar-refractivity contribution in [1.29, 1.82) is 0 Å². The van der Waals surface area contributed by atoms with Crippen molar-refractivity contribution in [3.63, 3.8) is 0 Å². The number of ether oxygens (including phenoxy) is 1. The topological polar surface area (TPSA) is 90.9 Å². The van der Waals surface area contributed by atoms with Crippen LogP contribution in [0.25, 0.3) is 11.1 Å². The predicted octanol–water partition coefficient (Wildman–Crippen LogP) is 5.27. The maximum absolute atomic E-state index is 11.6. The second-order valence-corrected chi connectivity index (χ2v) is 11.6. The van der Waals surface area contributed by atoms with E-state index in [4.69, 9.17) is 4.74 Å². The van der Waals surface area contributed by atoms with Crippen LogP contribution in [0.5, 0.6) is 5.75 Å². The minimum absolute atomic E-state index is 0.364. The number of benzene rings is 4. The van der Waals surface area contributed by atoms with Crippen molar-refractivity contribution in [1.82, 2.24) is 4.90 Å². The Hall–Kier alpha value is -3.85. The summed E-state index contributed by atoms with van der Waals surface area (Å²) in [5, 5.41) is 14.5. The van der Waals surface area contributed by atoms with Crippen LogP contribution in [0, 0.1) is 0 Å². The van der Waals surface area contributed by atoms with Crippen molar-refractivity contribution in [3.8, 4) is 16.9 Å². The third-order valence-electron chi connectivity index (χ3n) is 6.70. The van der Waals surface area contributed by atoms with Gasteiger partial charge < -0.3 is 15.2 Å². The number of nitrogens with zero attached hydrogens (tertiary/aromatic N) is 1. The highest BCUT2D eigenvalue weighted by Gasteiger charge is 2.17. The highest BCUT2D eigenvalue weighted by atomic mass is 32.2. The van der Waals surface area contributed by atoms with Gasteiger partial charge in [0.05, 0.1) is 12.4 Å². The van der Waals surface area contributed by atoms with E-state index in [-0.39, 0.29) is 0 Å². The van der Waals surface area contributed by atoms with E-state index in [0.717, 1.165) is 29.8 Å². The molecule has 0 amide bonds. The van der Waals surface area contributed by atoms with Gasteiger partial charge in [-0.05, 0) is 46.5 Å². The summed E-state index contributed by atoms with van der Waals surface area (Å²) in [5.41, 5.74) is 6.96. The number of aliphatic hydroxyl groups excluding tert-OH is 1. The van der Waals surface area contributed by atoms with Gasteiger partial charge in [-0.25, -0.2) is 8.42 Å². The summed E-state index contributed by atoms with van der Waals surface area (Å²) in [6.07, 6.45) is 0.304. The maximum atomic E-state index is 11.6. The van der Waals surface area contributed by atoms with Gasteiger partial charge in [0, 0.05) is 49.2 Å². The molecule has 1 atom stereocenters.